The molecule has 0 spiro atoms. The molecule has 0 saturated heterocycles. The van der Waals surface area contributed by atoms with Gasteiger partial charge in [-0.15, -0.1) is 0 Å². The highest BCUT2D eigenvalue weighted by atomic mass is 16.5. The minimum Gasteiger partial charge on any atom is -0.480 e. The molecule has 0 bridgehead atoms. The molecule has 0 radical (unpaired) electrons. The lowest BCUT2D eigenvalue weighted by atomic mass is 10.1. The van der Waals surface area contributed by atoms with Crippen molar-refractivity contribution in [3.8, 4) is 5.75 Å². The topological polar surface area (TPSA) is 80.6 Å². The van der Waals surface area contributed by atoms with E-state index in [1.165, 1.54) is 0 Å². The average molecular weight is 406 g/mol. The van der Waals surface area contributed by atoms with E-state index < -0.39 is 6.10 Å². The standard InChI is InChI=1S/C24H26N2O4/c1-4-21(30-22-12-11-16(2)14-17(22)3)24(28)26-20-10-6-5-9-19(20)23(27)25-15-18-8-7-13-29-18/h5-14,21H,4,15H2,1-3H3,(H,25,27)(H,26,28)/t21-/m1/s1. The second-order valence-electron chi connectivity index (χ2n) is 7.08. The molecule has 6 heteroatoms. The summed E-state index contributed by atoms with van der Waals surface area (Å²) in [4.78, 5) is 25.5. The van der Waals surface area contributed by atoms with E-state index in [9.17, 15) is 9.59 Å². The van der Waals surface area contributed by atoms with Gasteiger partial charge in [-0.1, -0.05) is 36.8 Å². The molecule has 30 heavy (non-hydrogen) atoms. The molecule has 0 aliphatic carbocycles. The Labute approximate surface area is 176 Å². The zero-order valence-corrected chi connectivity index (χ0v) is 17.4. The van der Waals surface area contributed by atoms with Gasteiger partial charge < -0.3 is 19.8 Å². The average Bonchev–Trinajstić information content (AvgIpc) is 3.25. The molecule has 0 aliphatic rings. The quantitative estimate of drug-likeness (QED) is 0.572. The molecule has 2 aromatic carbocycles. The number of amides is 2. The lowest BCUT2D eigenvalue weighted by molar-refractivity contribution is -0.122. The number of nitrogens with one attached hydrogen (secondary N) is 2. The maximum atomic E-state index is 12.9. The number of hydrogen-bond donors (Lipinski definition) is 2. The van der Waals surface area contributed by atoms with E-state index >= 15 is 0 Å². The van der Waals surface area contributed by atoms with Crippen LogP contribution in [0, 0.1) is 13.8 Å². The number of benzene rings is 2. The van der Waals surface area contributed by atoms with Crippen LogP contribution in [0.1, 0.15) is 40.6 Å². The molecule has 0 aliphatic heterocycles. The zero-order valence-electron chi connectivity index (χ0n) is 17.4. The number of aryl methyl sites for hydroxylation is 2. The smallest absolute Gasteiger partial charge is 0.265 e. The molecular formula is C24H26N2O4. The summed E-state index contributed by atoms with van der Waals surface area (Å²) in [7, 11) is 0. The largest absolute Gasteiger partial charge is 0.480 e. The van der Waals surface area contributed by atoms with Crippen LogP contribution in [0.15, 0.2) is 65.3 Å². The van der Waals surface area contributed by atoms with Crippen molar-refractivity contribution in [1.82, 2.24) is 5.32 Å². The highest BCUT2D eigenvalue weighted by Crippen LogP contribution is 2.22. The van der Waals surface area contributed by atoms with Gasteiger partial charge in [-0.2, -0.15) is 0 Å². The van der Waals surface area contributed by atoms with Crippen molar-refractivity contribution in [2.45, 2.75) is 39.8 Å². The molecule has 6 nitrogen and oxygen atoms in total. The molecule has 0 fully saturated rings. The maximum absolute atomic E-state index is 12.9. The van der Waals surface area contributed by atoms with Gasteiger partial charge in [0, 0.05) is 0 Å². The minimum absolute atomic E-state index is 0.265. The second kappa shape index (κ2) is 9.78. The molecule has 1 aromatic heterocycles. The third-order valence-corrected chi connectivity index (χ3v) is 4.70. The van der Waals surface area contributed by atoms with E-state index in [4.69, 9.17) is 9.15 Å². The van der Waals surface area contributed by atoms with E-state index in [0.717, 1.165) is 11.1 Å². The second-order valence-corrected chi connectivity index (χ2v) is 7.08. The van der Waals surface area contributed by atoms with Crippen molar-refractivity contribution in [2.75, 3.05) is 5.32 Å². The van der Waals surface area contributed by atoms with E-state index in [1.807, 2.05) is 39.0 Å². The summed E-state index contributed by atoms with van der Waals surface area (Å²) in [5, 5.41) is 5.63. The van der Waals surface area contributed by atoms with Crippen molar-refractivity contribution in [3.05, 3.63) is 83.3 Å². The van der Waals surface area contributed by atoms with Gasteiger partial charge in [0.25, 0.3) is 11.8 Å². The lowest BCUT2D eigenvalue weighted by Crippen LogP contribution is -2.33. The number of furan rings is 1. The van der Waals surface area contributed by atoms with Crippen LogP contribution >= 0.6 is 0 Å². The highest BCUT2D eigenvalue weighted by molar-refractivity contribution is 6.04. The molecule has 0 saturated carbocycles. The van der Waals surface area contributed by atoms with Gasteiger partial charge in [0.1, 0.15) is 11.5 Å². The first kappa shape index (κ1) is 21.2. The van der Waals surface area contributed by atoms with Crippen molar-refractivity contribution in [1.29, 1.82) is 0 Å². The van der Waals surface area contributed by atoms with E-state index in [-0.39, 0.29) is 18.4 Å². The minimum atomic E-state index is -0.675. The predicted molar refractivity (Wildman–Crippen MR) is 116 cm³/mol. The van der Waals surface area contributed by atoms with Crippen molar-refractivity contribution in [3.63, 3.8) is 0 Å². The van der Waals surface area contributed by atoms with Crippen molar-refractivity contribution < 1.29 is 18.7 Å². The van der Waals surface area contributed by atoms with Crippen LogP contribution in [0.25, 0.3) is 0 Å². The van der Waals surface area contributed by atoms with Gasteiger partial charge in [0.2, 0.25) is 0 Å². The Morgan fingerprint density at radius 2 is 1.87 bits per heavy atom. The van der Waals surface area contributed by atoms with E-state index in [0.29, 0.717) is 29.2 Å². The fourth-order valence-corrected chi connectivity index (χ4v) is 3.09. The molecular weight excluding hydrogens is 380 g/mol. The molecule has 3 rings (SSSR count). The van der Waals surface area contributed by atoms with Gasteiger partial charge in [0.15, 0.2) is 6.10 Å². The summed E-state index contributed by atoms with van der Waals surface area (Å²) in [5.74, 6) is 0.722. The summed E-state index contributed by atoms with van der Waals surface area (Å²) >= 11 is 0. The van der Waals surface area contributed by atoms with Crippen LogP contribution in [-0.2, 0) is 11.3 Å². The van der Waals surface area contributed by atoms with Crippen LogP contribution in [-0.4, -0.2) is 17.9 Å². The number of anilines is 1. The summed E-state index contributed by atoms with van der Waals surface area (Å²) in [6.07, 6.45) is 1.37. The molecule has 3 aromatic rings. The Balaban J connectivity index is 1.69. The van der Waals surface area contributed by atoms with Crippen molar-refractivity contribution in [2.24, 2.45) is 0 Å². The zero-order chi connectivity index (χ0) is 21.5. The summed E-state index contributed by atoms with van der Waals surface area (Å²) in [6, 6.07) is 16.3. The summed E-state index contributed by atoms with van der Waals surface area (Å²) in [5.41, 5.74) is 2.91. The van der Waals surface area contributed by atoms with Crippen LogP contribution in [0.5, 0.6) is 5.75 Å². The Morgan fingerprint density at radius 3 is 2.57 bits per heavy atom. The Hall–Kier alpha value is -3.54. The lowest BCUT2D eigenvalue weighted by Gasteiger charge is -2.19. The van der Waals surface area contributed by atoms with Gasteiger partial charge in [-0.05, 0) is 56.2 Å². The van der Waals surface area contributed by atoms with E-state index in [1.54, 1.807) is 42.7 Å². The van der Waals surface area contributed by atoms with Crippen LogP contribution < -0.4 is 15.4 Å². The third-order valence-electron chi connectivity index (χ3n) is 4.70. The fraction of sp³-hybridized carbons (Fsp3) is 0.250. The van der Waals surface area contributed by atoms with E-state index in [2.05, 4.69) is 10.6 Å². The Bertz CT molecular complexity index is 1010. The predicted octanol–water partition coefficient (Wildman–Crippen LogP) is 4.62. The first-order chi connectivity index (χ1) is 14.5. The molecule has 2 amide bonds. The Morgan fingerprint density at radius 1 is 1.07 bits per heavy atom. The number of hydrogen-bond acceptors (Lipinski definition) is 4. The summed E-state index contributed by atoms with van der Waals surface area (Å²) < 4.78 is 11.2. The van der Waals surface area contributed by atoms with Crippen LogP contribution in [0.3, 0.4) is 0 Å². The maximum Gasteiger partial charge on any atom is 0.265 e. The number of rotatable bonds is 8. The number of carbonyl (C=O) groups excluding carboxylic acids is 2. The fourth-order valence-electron chi connectivity index (χ4n) is 3.09. The van der Waals surface area contributed by atoms with Gasteiger partial charge in [-0.25, -0.2) is 0 Å². The molecule has 2 N–H and O–H groups in total. The summed E-state index contributed by atoms with van der Waals surface area (Å²) in [6.45, 7) is 6.11. The number of carbonyl (C=O) groups is 2. The molecule has 156 valence electrons. The third kappa shape index (κ3) is 5.29. The normalized spacial score (nSPS) is 11.6. The first-order valence-electron chi connectivity index (χ1n) is 9.92. The van der Waals surface area contributed by atoms with Gasteiger partial charge in [-0.3, -0.25) is 9.59 Å². The monoisotopic (exact) mass is 406 g/mol. The molecule has 1 atom stereocenters. The highest BCUT2D eigenvalue weighted by Gasteiger charge is 2.21. The van der Waals surface area contributed by atoms with Crippen LogP contribution in [0.4, 0.5) is 5.69 Å². The Kier molecular flexibility index (Phi) is 6.91. The van der Waals surface area contributed by atoms with Crippen LogP contribution in [0.2, 0.25) is 0 Å². The van der Waals surface area contributed by atoms with Crippen molar-refractivity contribution >= 4 is 17.5 Å². The number of para-hydroxylation sites is 1. The number of ether oxygens (including phenoxy) is 1. The molecule has 1 heterocycles. The molecule has 0 unspecified atom stereocenters. The first-order valence-corrected chi connectivity index (χ1v) is 9.92. The van der Waals surface area contributed by atoms with Gasteiger partial charge in [0.05, 0.1) is 24.1 Å². The SMILES string of the molecule is CC[C@@H](Oc1ccc(C)cc1C)C(=O)Nc1ccccc1C(=O)NCc1ccco1. The van der Waals surface area contributed by atoms with Gasteiger partial charge >= 0.3 is 0 Å².